The predicted octanol–water partition coefficient (Wildman–Crippen LogP) is 4.06. The van der Waals surface area contributed by atoms with Gasteiger partial charge in [-0.25, -0.2) is 14.6 Å². The predicted molar refractivity (Wildman–Crippen MR) is 136 cm³/mol. The Balaban J connectivity index is 1.28. The molecule has 0 spiro atoms. The van der Waals surface area contributed by atoms with E-state index in [2.05, 4.69) is 27.0 Å². The SMILES string of the molecule is COc1cc(NC(=O)Nc2cccc(CNC(=O)OCC3(N(C)C)CC3C#N)c2)ccc1-c1cnco1. The summed E-state index contributed by atoms with van der Waals surface area (Å²) in [4.78, 5) is 30.6. The number of likely N-dealkylation sites (N-methyl/N-ethyl adjacent to an activating group) is 1. The van der Waals surface area contributed by atoms with Crippen LogP contribution in [0.3, 0.4) is 0 Å². The summed E-state index contributed by atoms with van der Waals surface area (Å²) in [5.41, 5.74) is 2.16. The molecule has 3 amide bonds. The second-order valence-electron chi connectivity index (χ2n) is 8.87. The highest BCUT2D eigenvalue weighted by atomic mass is 16.5. The monoisotopic (exact) mass is 504 g/mol. The summed E-state index contributed by atoms with van der Waals surface area (Å²) in [6.45, 7) is 0.364. The first-order chi connectivity index (χ1) is 17.8. The number of ether oxygens (including phenoxy) is 2. The van der Waals surface area contributed by atoms with Crippen molar-refractivity contribution in [2.24, 2.45) is 5.92 Å². The number of methoxy groups -OCH3 is 1. The molecule has 192 valence electrons. The number of rotatable bonds is 9. The zero-order chi connectivity index (χ0) is 26.4. The highest BCUT2D eigenvalue weighted by Crippen LogP contribution is 2.47. The molecule has 0 saturated heterocycles. The Labute approximate surface area is 214 Å². The fourth-order valence-electron chi connectivity index (χ4n) is 4.03. The van der Waals surface area contributed by atoms with Crippen molar-refractivity contribution < 1.29 is 23.5 Å². The van der Waals surface area contributed by atoms with Gasteiger partial charge in [-0.2, -0.15) is 5.26 Å². The Morgan fingerprint density at radius 3 is 2.65 bits per heavy atom. The minimum absolute atomic E-state index is 0.142. The maximum Gasteiger partial charge on any atom is 0.407 e. The zero-order valence-electron chi connectivity index (χ0n) is 20.8. The molecule has 0 radical (unpaired) electrons. The van der Waals surface area contributed by atoms with Crippen LogP contribution in [0.25, 0.3) is 11.3 Å². The molecule has 1 aliphatic rings. The second-order valence-corrected chi connectivity index (χ2v) is 8.87. The molecule has 0 bridgehead atoms. The van der Waals surface area contributed by atoms with Gasteiger partial charge in [0.1, 0.15) is 12.4 Å². The van der Waals surface area contributed by atoms with Crippen molar-refractivity contribution in [1.82, 2.24) is 15.2 Å². The number of anilines is 2. The quantitative estimate of drug-likeness (QED) is 0.396. The summed E-state index contributed by atoms with van der Waals surface area (Å²) in [7, 11) is 5.28. The van der Waals surface area contributed by atoms with Gasteiger partial charge in [-0.3, -0.25) is 4.90 Å². The molecule has 1 fully saturated rings. The molecule has 3 N–H and O–H groups in total. The molecule has 2 aromatic carbocycles. The molecule has 1 saturated carbocycles. The van der Waals surface area contributed by atoms with E-state index < -0.39 is 17.7 Å². The molecule has 1 aromatic heterocycles. The average molecular weight is 505 g/mol. The summed E-state index contributed by atoms with van der Waals surface area (Å²) in [5, 5.41) is 17.4. The van der Waals surface area contributed by atoms with Crippen LogP contribution >= 0.6 is 0 Å². The lowest BCUT2D eigenvalue weighted by atomic mass is 10.1. The standard InChI is InChI=1S/C26H28N6O5/c1-32(2)26(11-18(26)12-27)15-36-25(34)29-13-17-5-4-6-19(9-17)30-24(33)31-20-7-8-21(22(10-20)35-3)23-14-28-16-37-23/h4-10,14,16,18H,11,13,15H2,1-3H3,(H,29,34)(H2,30,31,33). The van der Waals surface area contributed by atoms with Crippen molar-refractivity contribution in [1.29, 1.82) is 5.26 Å². The molecule has 2 atom stereocenters. The van der Waals surface area contributed by atoms with Crippen molar-refractivity contribution in [2.75, 3.05) is 38.4 Å². The van der Waals surface area contributed by atoms with Crippen LogP contribution in [0.15, 0.2) is 59.5 Å². The number of urea groups is 1. The lowest BCUT2D eigenvalue weighted by Crippen LogP contribution is -2.39. The van der Waals surface area contributed by atoms with Gasteiger partial charge in [0, 0.05) is 24.0 Å². The van der Waals surface area contributed by atoms with Crippen LogP contribution in [-0.4, -0.2) is 55.4 Å². The third-order valence-corrected chi connectivity index (χ3v) is 6.32. The van der Waals surface area contributed by atoms with E-state index in [-0.39, 0.29) is 19.1 Å². The van der Waals surface area contributed by atoms with Crippen molar-refractivity contribution in [3.05, 3.63) is 60.6 Å². The van der Waals surface area contributed by atoms with Crippen LogP contribution in [0.1, 0.15) is 12.0 Å². The van der Waals surface area contributed by atoms with E-state index in [1.807, 2.05) is 25.1 Å². The highest BCUT2D eigenvalue weighted by Gasteiger charge is 2.57. The lowest BCUT2D eigenvalue weighted by molar-refractivity contribution is 0.0964. The van der Waals surface area contributed by atoms with Crippen molar-refractivity contribution >= 4 is 23.5 Å². The smallest absolute Gasteiger partial charge is 0.407 e. The highest BCUT2D eigenvalue weighted by molar-refractivity contribution is 6.00. The van der Waals surface area contributed by atoms with E-state index in [9.17, 15) is 14.9 Å². The number of amides is 3. The number of hydrogen-bond acceptors (Lipinski definition) is 8. The van der Waals surface area contributed by atoms with E-state index in [1.54, 1.807) is 42.6 Å². The van der Waals surface area contributed by atoms with Gasteiger partial charge in [0.25, 0.3) is 0 Å². The number of hydrogen-bond donors (Lipinski definition) is 3. The third-order valence-electron chi connectivity index (χ3n) is 6.32. The fourth-order valence-corrected chi connectivity index (χ4v) is 4.03. The van der Waals surface area contributed by atoms with Crippen molar-refractivity contribution in [3.8, 4) is 23.1 Å². The van der Waals surface area contributed by atoms with Gasteiger partial charge in [0.15, 0.2) is 12.2 Å². The van der Waals surface area contributed by atoms with Crippen LogP contribution in [-0.2, 0) is 11.3 Å². The van der Waals surface area contributed by atoms with Crippen molar-refractivity contribution in [2.45, 2.75) is 18.5 Å². The third kappa shape index (κ3) is 5.99. The van der Waals surface area contributed by atoms with Gasteiger partial charge in [-0.05, 0) is 50.3 Å². The van der Waals surface area contributed by atoms with E-state index in [0.29, 0.717) is 34.9 Å². The summed E-state index contributed by atoms with van der Waals surface area (Å²) in [6, 6.07) is 14.1. The normalized spacial score (nSPS) is 18.0. The molecule has 37 heavy (non-hydrogen) atoms. The molecule has 11 heteroatoms. The largest absolute Gasteiger partial charge is 0.496 e. The zero-order valence-corrected chi connectivity index (χ0v) is 20.8. The van der Waals surface area contributed by atoms with E-state index >= 15 is 0 Å². The van der Waals surface area contributed by atoms with Gasteiger partial charge in [0.05, 0.1) is 36.4 Å². The summed E-state index contributed by atoms with van der Waals surface area (Å²) < 4.78 is 16.1. The molecule has 3 aromatic rings. The van der Waals surface area contributed by atoms with E-state index in [1.165, 1.54) is 13.5 Å². The van der Waals surface area contributed by atoms with Crippen LogP contribution in [0.4, 0.5) is 21.0 Å². The van der Waals surface area contributed by atoms with Gasteiger partial charge < -0.3 is 29.8 Å². The Bertz CT molecular complexity index is 1300. The molecular weight excluding hydrogens is 476 g/mol. The summed E-state index contributed by atoms with van der Waals surface area (Å²) >= 11 is 0. The van der Waals surface area contributed by atoms with Gasteiger partial charge in [0.2, 0.25) is 0 Å². The van der Waals surface area contributed by atoms with Gasteiger partial charge >= 0.3 is 12.1 Å². The summed E-state index contributed by atoms with van der Waals surface area (Å²) in [5.74, 6) is 0.936. The Kier molecular flexibility index (Phi) is 7.60. The van der Waals surface area contributed by atoms with E-state index in [4.69, 9.17) is 13.9 Å². The number of nitrogens with one attached hydrogen (secondary N) is 3. The van der Waals surface area contributed by atoms with Crippen LogP contribution in [0.5, 0.6) is 5.75 Å². The number of carbonyl (C=O) groups excluding carboxylic acids is 2. The number of nitrogens with zero attached hydrogens (tertiary/aromatic N) is 3. The number of alkyl carbamates (subject to hydrolysis) is 1. The van der Waals surface area contributed by atoms with Crippen LogP contribution in [0.2, 0.25) is 0 Å². The molecule has 4 rings (SSSR count). The maximum absolute atomic E-state index is 12.6. The van der Waals surface area contributed by atoms with Gasteiger partial charge in [-0.1, -0.05) is 12.1 Å². The first kappa shape index (κ1) is 25.5. The summed E-state index contributed by atoms with van der Waals surface area (Å²) in [6.07, 6.45) is 3.03. The number of oxazole rings is 1. The topological polar surface area (TPSA) is 142 Å². The van der Waals surface area contributed by atoms with Crippen LogP contribution < -0.4 is 20.7 Å². The molecular formula is C26H28N6O5. The number of benzene rings is 2. The second kappa shape index (κ2) is 11.0. The van der Waals surface area contributed by atoms with E-state index in [0.717, 1.165) is 5.56 Å². The molecule has 0 aliphatic heterocycles. The van der Waals surface area contributed by atoms with Crippen LogP contribution in [0, 0.1) is 17.2 Å². The minimum Gasteiger partial charge on any atom is -0.496 e. The first-order valence-corrected chi connectivity index (χ1v) is 11.6. The number of nitriles is 1. The molecule has 1 heterocycles. The molecule has 2 unspecified atom stereocenters. The average Bonchev–Trinajstić information content (AvgIpc) is 3.37. The number of aromatic nitrogens is 1. The van der Waals surface area contributed by atoms with Crippen molar-refractivity contribution in [3.63, 3.8) is 0 Å². The molecule has 11 nitrogen and oxygen atoms in total. The van der Waals surface area contributed by atoms with Gasteiger partial charge in [-0.15, -0.1) is 0 Å². The maximum atomic E-state index is 12.6. The Morgan fingerprint density at radius 2 is 2.00 bits per heavy atom. The molecule has 1 aliphatic carbocycles. The lowest BCUT2D eigenvalue weighted by Gasteiger charge is -2.23. The Morgan fingerprint density at radius 1 is 1.22 bits per heavy atom. The fraction of sp³-hybridized carbons (Fsp3) is 0.308. The minimum atomic E-state index is -0.566. The number of carbonyl (C=O) groups is 2. The Hall–Kier alpha value is -4.56. The first-order valence-electron chi connectivity index (χ1n) is 11.6.